The first-order valence-corrected chi connectivity index (χ1v) is 4.43. The summed E-state index contributed by atoms with van der Waals surface area (Å²) >= 11 is 0. The SMILES string of the molecule is CCCc1cc(C)c(F)c(C=O)c1. The molecule has 1 nitrogen and oxygen atoms in total. The van der Waals surface area contributed by atoms with E-state index in [1.54, 1.807) is 19.1 Å². The molecule has 0 aromatic heterocycles. The molecule has 0 aliphatic heterocycles. The molecule has 0 unspecified atom stereocenters. The van der Waals surface area contributed by atoms with Gasteiger partial charge < -0.3 is 0 Å². The second-order valence-electron chi connectivity index (χ2n) is 3.18. The molecule has 2 heteroatoms. The smallest absolute Gasteiger partial charge is 0.153 e. The summed E-state index contributed by atoms with van der Waals surface area (Å²) < 4.78 is 13.2. The molecule has 0 bridgehead atoms. The molecule has 0 radical (unpaired) electrons. The molecule has 0 amide bonds. The summed E-state index contributed by atoms with van der Waals surface area (Å²) in [4.78, 5) is 10.5. The van der Waals surface area contributed by atoms with Gasteiger partial charge in [-0.1, -0.05) is 19.4 Å². The maximum Gasteiger partial charge on any atom is 0.153 e. The van der Waals surface area contributed by atoms with E-state index in [0.717, 1.165) is 18.4 Å². The number of rotatable bonds is 3. The number of hydrogen-bond donors (Lipinski definition) is 0. The van der Waals surface area contributed by atoms with E-state index in [1.807, 2.05) is 0 Å². The monoisotopic (exact) mass is 180 g/mol. The van der Waals surface area contributed by atoms with Gasteiger partial charge in [-0.2, -0.15) is 0 Å². The molecule has 0 aliphatic rings. The number of aldehydes is 1. The first kappa shape index (κ1) is 9.90. The van der Waals surface area contributed by atoms with Crippen LogP contribution in [0.3, 0.4) is 0 Å². The van der Waals surface area contributed by atoms with E-state index in [-0.39, 0.29) is 5.56 Å². The summed E-state index contributed by atoms with van der Waals surface area (Å²) in [6, 6.07) is 3.42. The average Bonchev–Trinajstić information content (AvgIpc) is 2.11. The molecule has 13 heavy (non-hydrogen) atoms. The number of hydrogen-bond acceptors (Lipinski definition) is 1. The van der Waals surface area contributed by atoms with Gasteiger partial charge in [0.25, 0.3) is 0 Å². The van der Waals surface area contributed by atoms with Crippen LogP contribution in [0, 0.1) is 12.7 Å². The van der Waals surface area contributed by atoms with Crippen molar-refractivity contribution >= 4 is 6.29 Å². The summed E-state index contributed by atoms with van der Waals surface area (Å²) in [6.45, 7) is 3.74. The predicted octanol–water partition coefficient (Wildman–Crippen LogP) is 2.90. The summed E-state index contributed by atoms with van der Waals surface area (Å²) in [5.74, 6) is -0.394. The van der Waals surface area contributed by atoms with Gasteiger partial charge in [0.05, 0.1) is 5.56 Å². The summed E-state index contributed by atoms with van der Waals surface area (Å²) in [5, 5.41) is 0. The summed E-state index contributed by atoms with van der Waals surface area (Å²) in [6.07, 6.45) is 2.47. The lowest BCUT2D eigenvalue weighted by molar-refractivity contribution is 0.111. The fourth-order valence-electron chi connectivity index (χ4n) is 1.39. The van der Waals surface area contributed by atoms with E-state index in [0.29, 0.717) is 11.8 Å². The zero-order chi connectivity index (χ0) is 9.84. The molecular weight excluding hydrogens is 167 g/mol. The molecule has 0 aliphatic carbocycles. The third-order valence-electron chi connectivity index (χ3n) is 2.01. The van der Waals surface area contributed by atoms with Crippen LogP contribution in [0.25, 0.3) is 0 Å². The molecule has 0 fully saturated rings. The number of aryl methyl sites for hydroxylation is 2. The molecule has 70 valence electrons. The average molecular weight is 180 g/mol. The van der Waals surface area contributed by atoms with Gasteiger partial charge >= 0.3 is 0 Å². The highest BCUT2D eigenvalue weighted by atomic mass is 19.1. The predicted molar refractivity (Wildman–Crippen MR) is 50.5 cm³/mol. The van der Waals surface area contributed by atoms with Crippen molar-refractivity contribution in [2.45, 2.75) is 26.7 Å². The molecule has 0 atom stereocenters. The van der Waals surface area contributed by atoms with E-state index >= 15 is 0 Å². The van der Waals surface area contributed by atoms with Crippen molar-refractivity contribution in [3.05, 3.63) is 34.6 Å². The Morgan fingerprint density at radius 1 is 1.46 bits per heavy atom. The molecule has 0 saturated carbocycles. The molecule has 0 spiro atoms. The Kier molecular flexibility index (Phi) is 3.18. The van der Waals surface area contributed by atoms with Crippen molar-refractivity contribution in [2.75, 3.05) is 0 Å². The number of carbonyl (C=O) groups is 1. The van der Waals surface area contributed by atoms with Crippen molar-refractivity contribution in [3.63, 3.8) is 0 Å². The summed E-state index contributed by atoms with van der Waals surface area (Å²) in [7, 11) is 0. The number of carbonyl (C=O) groups excluding carboxylic acids is 1. The van der Waals surface area contributed by atoms with Gasteiger partial charge in [0, 0.05) is 0 Å². The molecule has 1 aromatic rings. The topological polar surface area (TPSA) is 17.1 Å². The maximum atomic E-state index is 13.2. The maximum absolute atomic E-state index is 13.2. The lowest BCUT2D eigenvalue weighted by Crippen LogP contribution is -1.95. The molecular formula is C11H13FO. The normalized spacial score (nSPS) is 10.1. The Hall–Kier alpha value is -1.18. The van der Waals surface area contributed by atoms with Gasteiger partial charge in [-0.15, -0.1) is 0 Å². The van der Waals surface area contributed by atoms with Gasteiger partial charge in [0.15, 0.2) is 6.29 Å². The largest absolute Gasteiger partial charge is 0.298 e. The van der Waals surface area contributed by atoms with Crippen molar-refractivity contribution in [1.82, 2.24) is 0 Å². The van der Waals surface area contributed by atoms with Gasteiger partial charge in [0.1, 0.15) is 5.82 Å². The van der Waals surface area contributed by atoms with Gasteiger partial charge in [-0.25, -0.2) is 4.39 Å². The fraction of sp³-hybridized carbons (Fsp3) is 0.364. The second-order valence-corrected chi connectivity index (χ2v) is 3.18. The third-order valence-corrected chi connectivity index (χ3v) is 2.01. The van der Waals surface area contributed by atoms with Crippen molar-refractivity contribution in [1.29, 1.82) is 0 Å². The summed E-state index contributed by atoms with van der Waals surface area (Å²) in [5.41, 5.74) is 1.75. The van der Waals surface area contributed by atoms with Crippen LogP contribution in [-0.2, 0) is 6.42 Å². The minimum Gasteiger partial charge on any atom is -0.298 e. The highest BCUT2D eigenvalue weighted by Gasteiger charge is 2.06. The van der Waals surface area contributed by atoms with Crippen molar-refractivity contribution in [2.24, 2.45) is 0 Å². The molecule has 0 heterocycles. The van der Waals surface area contributed by atoms with Crippen molar-refractivity contribution < 1.29 is 9.18 Å². The second kappa shape index (κ2) is 4.17. The van der Waals surface area contributed by atoms with Crippen LogP contribution in [0.2, 0.25) is 0 Å². The Balaban J connectivity index is 3.14. The van der Waals surface area contributed by atoms with Gasteiger partial charge in [-0.05, 0) is 30.5 Å². The zero-order valence-electron chi connectivity index (χ0n) is 7.93. The lowest BCUT2D eigenvalue weighted by atomic mass is 10.0. The van der Waals surface area contributed by atoms with E-state index in [1.165, 1.54) is 0 Å². The van der Waals surface area contributed by atoms with Gasteiger partial charge in [-0.3, -0.25) is 4.79 Å². The van der Waals surface area contributed by atoms with Crippen LogP contribution in [0.1, 0.15) is 34.8 Å². The van der Waals surface area contributed by atoms with Crippen LogP contribution in [-0.4, -0.2) is 6.29 Å². The fourth-order valence-corrected chi connectivity index (χ4v) is 1.39. The van der Waals surface area contributed by atoms with E-state index in [9.17, 15) is 9.18 Å². The Bertz CT molecular complexity index is 318. The Labute approximate surface area is 77.6 Å². The van der Waals surface area contributed by atoms with Crippen LogP contribution in [0.5, 0.6) is 0 Å². The molecule has 0 N–H and O–H groups in total. The van der Waals surface area contributed by atoms with Crippen molar-refractivity contribution in [3.8, 4) is 0 Å². The number of benzene rings is 1. The van der Waals surface area contributed by atoms with Crippen LogP contribution in [0.4, 0.5) is 4.39 Å². The molecule has 1 aromatic carbocycles. The first-order chi connectivity index (χ1) is 6.19. The third kappa shape index (κ3) is 2.14. The Morgan fingerprint density at radius 3 is 2.69 bits per heavy atom. The van der Waals surface area contributed by atoms with E-state index in [2.05, 4.69) is 6.92 Å². The minimum absolute atomic E-state index is 0.170. The van der Waals surface area contributed by atoms with E-state index in [4.69, 9.17) is 0 Å². The quantitative estimate of drug-likeness (QED) is 0.653. The highest BCUT2D eigenvalue weighted by Crippen LogP contribution is 2.15. The molecule has 1 rings (SSSR count). The Morgan fingerprint density at radius 2 is 2.15 bits per heavy atom. The van der Waals surface area contributed by atoms with E-state index < -0.39 is 5.82 Å². The minimum atomic E-state index is -0.394. The van der Waals surface area contributed by atoms with Crippen LogP contribution < -0.4 is 0 Å². The van der Waals surface area contributed by atoms with Crippen LogP contribution >= 0.6 is 0 Å². The zero-order valence-corrected chi connectivity index (χ0v) is 7.93. The number of halogens is 1. The standard InChI is InChI=1S/C11H13FO/c1-3-4-9-5-8(2)11(12)10(6-9)7-13/h5-7H,3-4H2,1-2H3. The first-order valence-electron chi connectivity index (χ1n) is 4.43. The highest BCUT2D eigenvalue weighted by molar-refractivity contribution is 5.76. The lowest BCUT2D eigenvalue weighted by Gasteiger charge is -2.04. The van der Waals surface area contributed by atoms with Gasteiger partial charge in [0.2, 0.25) is 0 Å². The molecule has 0 saturated heterocycles. The van der Waals surface area contributed by atoms with Crippen LogP contribution in [0.15, 0.2) is 12.1 Å².